The van der Waals surface area contributed by atoms with E-state index in [1.807, 2.05) is 37.3 Å². The predicted molar refractivity (Wildman–Crippen MR) is 139 cm³/mol. The van der Waals surface area contributed by atoms with E-state index in [1.165, 1.54) is 7.11 Å². The number of hydrogen-bond acceptors (Lipinski definition) is 7. The minimum absolute atomic E-state index is 0.233. The molecular weight excluding hydrogens is 507 g/mol. The average molecular weight is 533 g/mol. The number of unbranched alkanes of at least 4 members (excludes halogenated alkanes) is 1. The van der Waals surface area contributed by atoms with Gasteiger partial charge in [-0.15, -0.1) is 5.10 Å². The van der Waals surface area contributed by atoms with Crippen LogP contribution in [0.25, 0.3) is 0 Å². The number of fused-ring (bicyclic) bond motifs is 1. The third-order valence-electron chi connectivity index (χ3n) is 5.58. The van der Waals surface area contributed by atoms with E-state index in [0.717, 1.165) is 29.7 Å². The molecule has 10 heteroatoms. The normalized spacial score (nSPS) is 14.9. The van der Waals surface area contributed by atoms with Gasteiger partial charge in [0.1, 0.15) is 18.4 Å². The number of carbonyl (C=O) groups excluding carboxylic acids is 1. The second kappa shape index (κ2) is 11.4. The Morgan fingerprint density at radius 1 is 1.23 bits per heavy atom. The van der Waals surface area contributed by atoms with Crippen LogP contribution in [0.3, 0.4) is 0 Å². The Balaban J connectivity index is 1.73. The molecule has 1 N–H and O–H groups in total. The number of ether oxygens (including phenoxy) is 2. The Bertz CT molecular complexity index is 1260. The molecule has 1 aromatic heterocycles. The summed E-state index contributed by atoms with van der Waals surface area (Å²) in [7, 11) is 1.37. The van der Waals surface area contributed by atoms with Gasteiger partial charge in [-0.3, -0.25) is 0 Å². The molecule has 0 bridgehead atoms. The molecule has 0 spiro atoms. The van der Waals surface area contributed by atoms with Gasteiger partial charge in [0.05, 0.1) is 12.7 Å². The maximum atomic E-state index is 12.9. The Morgan fingerprint density at radius 2 is 2.03 bits per heavy atom. The van der Waals surface area contributed by atoms with Gasteiger partial charge >= 0.3 is 5.97 Å². The first-order chi connectivity index (χ1) is 16.9. The van der Waals surface area contributed by atoms with Crippen molar-refractivity contribution in [3.63, 3.8) is 0 Å². The van der Waals surface area contributed by atoms with Gasteiger partial charge < -0.3 is 14.8 Å². The number of rotatable bonds is 9. The van der Waals surface area contributed by atoms with Crippen LogP contribution in [0.4, 0.5) is 5.95 Å². The number of benzene rings is 2. The van der Waals surface area contributed by atoms with Gasteiger partial charge in [0.15, 0.2) is 0 Å². The summed E-state index contributed by atoms with van der Waals surface area (Å²) >= 11 is 14.0. The van der Waals surface area contributed by atoms with Gasteiger partial charge in [-0.2, -0.15) is 4.98 Å². The SMILES string of the molecule is CCCCSc1nc2n(n1)C(c1ccccc1OCc1ccc(Cl)cc1Cl)C(C(=O)OC)=C(C)N2. The number of nitrogens with one attached hydrogen (secondary N) is 1. The minimum atomic E-state index is -0.580. The fourth-order valence-electron chi connectivity index (χ4n) is 3.79. The van der Waals surface area contributed by atoms with Crippen molar-refractivity contribution < 1.29 is 14.3 Å². The number of halogens is 2. The lowest BCUT2D eigenvalue weighted by atomic mass is 9.95. The zero-order chi connectivity index (χ0) is 24.9. The van der Waals surface area contributed by atoms with Crippen molar-refractivity contribution in [3.05, 3.63) is 74.9 Å². The molecule has 2 heterocycles. The zero-order valence-corrected chi connectivity index (χ0v) is 22.0. The Labute approximate surface area is 218 Å². The third kappa shape index (κ3) is 5.60. The van der Waals surface area contributed by atoms with Gasteiger partial charge in [-0.25, -0.2) is 9.48 Å². The van der Waals surface area contributed by atoms with Crippen molar-refractivity contribution in [2.45, 2.75) is 44.5 Å². The lowest BCUT2D eigenvalue weighted by Gasteiger charge is -2.29. The van der Waals surface area contributed by atoms with Gasteiger partial charge in [0.25, 0.3) is 0 Å². The first-order valence-electron chi connectivity index (χ1n) is 11.2. The Morgan fingerprint density at radius 3 is 2.77 bits per heavy atom. The van der Waals surface area contributed by atoms with Crippen molar-refractivity contribution in [3.8, 4) is 5.75 Å². The molecule has 1 atom stereocenters. The molecule has 0 aliphatic carbocycles. The second-order valence-electron chi connectivity index (χ2n) is 7.98. The molecule has 35 heavy (non-hydrogen) atoms. The summed E-state index contributed by atoms with van der Waals surface area (Å²) in [5, 5.41) is 9.68. The molecule has 0 fully saturated rings. The number of methoxy groups -OCH3 is 1. The highest BCUT2D eigenvalue weighted by atomic mass is 35.5. The average Bonchev–Trinajstić information content (AvgIpc) is 3.25. The number of esters is 1. The first-order valence-corrected chi connectivity index (χ1v) is 13.0. The molecule has 3 aromatic rings. The van der Waals surface area contributed by atoms with Crippen molar-refractivity contribution in [1.29, 1.82) is 0 Å². The van der Waals surface area contributed by atoms with Crippen molar-refractivity contribution in [2.24, 2.45) is 0 Å². The quantitative estimate of drug-likeness (QED) is 0.191. The van der Waals surface area contributed by atoms with E-state index >= 15 is 0 Å². The maximum absolute atomic E-state index is 12.9. The zero-order valence-electron chi connectivity index (χ0n) is 19.7. The van der Waals surface area contributed by atoms with Crippen LogP contribution >= 0.6 is 35.0 Å². The smallest absolute Gasteiger partial charge is 0.338 e. The lowest BCUT2D eigenvalue weighted by molar-refractivity contribution is -0.136. The van der Waals surface area contributed by atoms with Crippen LogP contribution in [-0.2, 0) is 16.1 Å². The van der Waals surface area contributed by atoms with Crippen LogP contribution in [-0.4, -0.2) is 33.6 Å². The molecule has 1 aliphatic heterocycles. The number of thioether (sulfide) groups is 1. The maximum Gasteiger partial charge on any atom is 0.338 e. The summed E-state index contributed by atoms with van der Waals surface area (Å²) in [4.78, 5) is 17.6. The van der Waals surface area contributed by atoms with E-state index in [1.54, 1.807) is 28.6 Å². The van der Waals surface area contributed by atoms with Crippen molar-refractivity contribution in [2.75, 3.05) is 18.2 Å². The summed E-state index contributed by atoms with van der Waals surface area (Å²) in [5.41, 5.74) is 2.65. The van der Waals surface area contributed by atoms with Crippen LogP contribution < -0.4 is 10.1 Å². The molecule has 7 nitrogen and oxygen atoms in total. The van der Waals surface area contributed by atoms with E-state index in [4.69, 9.17) is 37.8 Å². The van der Waals surface area contributed by atoms with E-state index in [-0.39, 0.29) is 6.61 Å². The van der Waals surface area contributed by atoms with Gasteiger partial charge in [0.2, 0.25) is 11.1 Å². The molecule has 0 saturated carbocycles. The molecule has 2 aromatic carbocycles. The van der Waals surface area contributed by atoms with Gasteiger partial charge in [-0.05, 0) is 31.5 Å². The number of para-hydroxylation sites is 1. The van der Waals surface area contributed by atoms with E-state index in [2.05, 4.69) is 17.2 Å². The monoisotopic (exact) mass is 532 g/mol. The lowest BCUT2D eigenvalue weighted by Crippen LogP contribution is -2.29. The van der Waals surface area contributed by atoms with Crippen LogP contribution in [0, 0.1) is 0 Å². The summed E-state index contributed by atoms with van der Waals surface area (Å²) in [6, 6.07) is 12.3. The molecule has 0 saturated heterocycles. The number of hydrogen-bond donors (Lipinski definition) is 1. The molecular formula is C25H26Cl2N4O3S. The van der Waals surface area contributed by atoms with Crippen molar-refractivity contribution in [1.82, 2.24) is 14.8 Å². The highest BCUT2D eigenvalue weighted by molar-refractivity contribution is 7.99. The van der Waals surface area contributed by atoms with Crippen LogP contribution in [0.15, 0.2) is 58.9 Å². The van der Waals surface area contributed by atoms with E-state index in [9.17, 15) is 4.79 Å². The summed E-state index contributed by atoms with van der Waals surface area (Å²) < 4.78 is 13.1. The highest BCUT2D eigenvalue weighted by Gasteiger charge is 2.36. The number of nitrogens with zero attached hydrogens (tertiary/aromatic N) is 3. The van der Waals surface area contributed by atoms with Crippen molar-refractivity contribution >= 4 is 46.9 Å². The third-order valence-corrected chi connectivity index (χ3v) is 7.09. The Kier molecular flexibility index (Phi) is 8.26. The number of allylic oxidation sites excluding steroid dienone is 1. The topological polar surface area (TPSA) is 78.3 Å². The van der Waals surface area contributed by atoms with Crippen LogP contribution in [0.2, 0.25) is 10.0 Å². The fourth-order valence-corrected chi connectivity index (χ4v) is 5.17. The predicted octanol–water partition coefficient (Wildman–Crippen LogP) is 6.52. The minimum Gasteiger partial charge on any atom is -0.488 e. The molecule has 0 amide bonds. The summed E-state index contributed by atoms with van der Waals surface area (Å²) in [5.74, 6) is 1.63. The first kappa shape index (κ1) is 25.4. The molecule has 0 radical (unpaired) electrons. The summed E-state index contributed by atoms with van der Waals surface area (Å²) in [6.07, 6.45) is 2.16. The standard InChI is InChI=1S/C25H26Cl2N4O3S/c1-4-5-12-35-25-29-24-28-15(2)21(23(32)33-3)22(31(24)30-25)18-8-6-7-9-20(18)34-14-16-10-11-17(26)13-19(16)27/h6-11,13,22H,4-5,12,14H2,1-3H3,(H,28,29,30). The number of aromatic nitrogens is 3. The van der Waals surface area contributed by atoms with Gasteiger partial charge in [-0.1, -0.05) is 72.6 Å². The van der Waals surface area contributed by atoms with Crippen LogP contribution in [0.1, 0.15) is 43.9 Å². The van der Waals surface area contributed by atoms with Crippen LogP contribution in [0.5, 0.6) is 5.75 Å². The molecule has 4 rings (SSSR count). The molecule has 1 unspecified atom stereocenters. The van der Waals surface area contributed by atoms with Gasteiger partial charge in [0, 0.05) is 32.6 Å². The van der Waals surface area contributed by atoms with E-state index in [0.29, 0.717) is 38.2 Å². The molecule has 1 aliphatic rings. The van der Waals surface area contributed by atoms with E-state index < -0.39 is 12.0 Å². The highest BCUT2D eigenvalue weighted by Crippen LogP contribution is 2.40. The second-order valence-corrected chi connectivity index (χ2v) is 9.89. The summed E-state index contributed by atoms with van der Waals surface area (Å²) in [6.45, 7) is 4.21. The number of carbonyl (C=O) groups is 1. The largest absolute Gasteiger partial charge is 0.488 e. The molecule has 184 valence electrons. The number of anilines is 1. The fraction of sp³-hybridized carbons (Fsp3) is 0.320. The Hall–Kier alpha value is -2.68.